The molecule has 0 aromatic carbocycles. The number of hydrogen-bond donors (Lipinski definition) is 1. The van der Waals surface area contributed by atoms with Gasteiger partial charge in [0.25, 0.3) is 5.91 Å². The molecule has 5 nitrogen and oxygen atoms in total. The topological polar surface area (TPSA) is 68.5 Å². The van der Waals surface area contributed by atoms with E-state index in [9.17, 15) is 9.59 Å². The highest BCUT2D eigenvalue weighted by Crippen LogP contribution is 2.15. The Balaban J connectivity index is 2.79. The second-order valence-corrected chi connectivity index (χ2v) is 5.88. The fraction of sp³-hybridized carbons (Fsp3) is 0.600. The van der Waals surface area contributed by atoms with Gasteiger partial charge in [0.1, 0.15) is 17.9 Å². The molecule has 0 fully saturated rings. The van der Waals surface area contributed by atoms with Gasteiger partial charge < -0.3 is 14.5 Å². The van der Waals surface area contributed by atoms with Crippen molar-refractivity contribution in [2.45, 2.75) is 52.7 Å². The Kier molecular flexibility index (Phi) is 5.36. The standard InChI is InChI=1S/C15H23NO4/c1-6-10(2)12(14(18)20-15(3,4)5)16-13(17)11-7-8-19-9-11/h7-10,12H,6H2,1-5H3,(H,16,17)/t10-,12-/m0/s1. The van der Waals surface area contributed by atoms with Crippen molar-refractivity contribution >= 4 is 11.9 Å². The minimum atomic E-state index is -0.665. The molecule has 1 heterocycles. The van der Waals surface area contributed by atoms with E-state index in [0.717, 1.165) is 6.42 Å². The van der Waals surface area contributed by atoms with Gasteiger partial charge in [-0.3, -0.25) is 4.79 Å². The predicted molar refractivity (Wildman–Crippen MR) is 75.3 cm³/mol. The van der Waals surface area contributed by atoms with Crippen LogP contribution in [-0.2, 0) is 9.53 Å². The molecule has 1 amide bonds. The molecule has 20 heavy (non-hydrogen) atoms. The Hall–Kier alpha value is -1.78. The maximum absolute atomic E-state index is 12.2. The fourth-order valence-electron chi connectivity index (χ4n) is 1.65. The van der Waals surface area contributed by atoms with Crippen molar-refractivity contribution in [1.29, 1.82) is 0 Å². The number of esters is 1. The Labute approximate surface area is 119 Å². The summed E-state index contributed by atoms with van der Waals surface area (Å²) in [7, 11) is 0. The van der Waals surface area contributed by atoms with Crippen molar-refractivity contribution in [2.75, 3.05) is 0 Å². The zero-order valence-electron chi connectivity index (χ0n) is 12.7. The van der Waals surface area contributed by atoms with Crippen LogP contribution in [0.15, 0.2) is 23.0 Å². The van der Waals surface area contributed by atoms with E-state index in [1.165, 1.54) is 12.5 Å². The lowest BCUT2D eigenvalue weighted by atomic mass is 9.98. The van der Waals surface area contributed by atoms with E-state index in [0.29, 0.717) is 5.56 Å². The van der Waals surface area contributed by atoms with Crippen molar-refractivity contribution in [2.24, 2.45) is 5.92 Å². The fourth-order valence-corrected chi connectivity index (χ4v) is 1.65. The zero-order valence-corrected chi connectivity index (χ0v) is 12.7. The van der Waals surface area contributed by atoms with Gasteiger partial charge >= 0.3 is 5.97 Å². The highest BCUT2D eigenvalue weighted by molar-refractivity contribution is 5.96. The van der Waals surface area contributed by atoms with Gasteiger partial charge in [-0.25, -0.2) is 4.79 Å². The van der Waals surface area contributed by atoms with E-state index in [1.807, 2.05) is 13.8 Å². The summed E-state index contributed by atoms with van der Waals surface area (Å²) < 4.78 is 10.2. The molecule has 1 rings (SSSR count). The molecular weight excluding hydrogens is 258 g/mol. The molecule has 0 saturated heterocycles. The second kappa shape index (κ2) is 6.59. The first-order chi connectivity index (χ1) is 9.24. The molecule has 0 unspecified atom stereocenters. The third kappa shape index (κ3) is 4.72. The van der Waals surface area contributed by atoms with Crippen molar-refractivity contribution in [1.82, 2.24) is 5.32 Å². The first kappa shape index (κ1) is 16.3. The van der Waals surface area contributed by atoms with Gasteiger partial charge in [-0.05, 0) is 32.8 Å². The van der Waals surface area contributed by atoms with Crippen LogP contribution in [0.4, 0.5) is 0 Å². The summed E-state index contributed by atoms with van der Waals surface area (Å²) in [5.41, 5.74) is -0.190. The lowest BCUT2D eigenvalue weighted by molar-refractivity contribution is -0.158. The van der Waals surface area contributed by atoms with Crippen LogP contribution in [0.3, 0.4) is 0 Å². The van der Waals surface area contributed by atoms with Crippen LogP contribution >= 0.6 is 0 Å². The van der Waals surface area contributed by atoms with Crippen molar-refractivity contribution in [3.05, 3.63) is 24.2 Å². The van der Waals surface area contributed by atoms with Gasteiger partial charge in [-0.1, -0.05) is 20.3 Å². The highest BCUT2D eigenvalue weighted by Gasteiger charge is 2.30. The van der Waals surface area contributed by atoms with Gasteiger partial charge in [0.05, 0.1) is 11.8 Å². The number of ether oxygens (including phenoxy) is 1. The Bertz CT molecular complexity index is 445. The molecule has 5 heteroatoms. The summed E-state index contributed by atoms with van der Waals surface area (Å²) in [4.78, 5) is 24.2. The molecule has 0 spiro atoms. The van der Waals surface area contributed by atoms with Crippen LogP contribution in [0, 0.1) is 5.92 Å². The molecule has 0 saturated carbocycles. The minimum absolute atomic E-state index is 0.0132. The highest BCUT2D eigenvalue weighted by atomic mass is 16.6. The molecule has 2 atom stereocenters. The molecule has 112 valence electrons. The normalized spacial score (nSPS) is 14.4. The average Bonchev–Trinajstić information content (AvgIpc) is 2.86. The van der Waals surface area contributed by atoms with Crippen LogP contribution in [0.25, 0.3) is 0 Å². The maximum atomic E-state index is 12.2. The number of rotatable bonds is 5. The molecular formula is C15H23NO4. The van der Waals surface area contributed by atoms with Gasteiger partial charge in [0.15, 0.2) is 0 Å². The number of amides is 1. The summed E-state index contributed by atoms with van der Waals surface area (Å²) >= 11 is 0. The van der Waals surface area contributed by atoms with E-state index >= 15 is 0 Å². The predicted octanol–water partition coefficient (Wildman–Crippen LogP) is 2.77. The molecule has 1 aromatic heterocycles. The van der Waals surface area contributed by atoms with Crippen LogP contribution in [0.1, 0.15) is 51.4 Å². The van der Waals surface area contributed by atoms with Crippen LogP contribution in [0.2, 0.25) is 0 Å². The summed E-state index contributed by atoms with van der Waals surface area (Å²) in [5.74, 6) is -0.765. The number of nitrogens with one attached hydrogen (secondary N) is 1. The quantitative estimate of drug-likeness (QED) is 0.843. The summed E-state index contributed by atoms with van der Waals surface area (Å²) in [5, 5.41) is 2.72. The molecule has 0 aliphatic carbocycles. The summed E-state index contributed by atoms with van der Waals surface area (Å²) in [6.45, 7) is 9.28. The van der Waals surface area contributed by atoms with Gasteiger partial charge in [-0.15, -0.1) is 0 Å². The zero-order chi connectivity index (χ0) is 15.3. The van der Waals surface area contributed by atoms with E-state index in [-0.39, 0.29) is 11.8 Å². The van der Waals surface area contributed by atoms with E-state index < -0.39 is 17.6 Å². The van der Waals surface area contributed by atoms with E-state index in [2.05, 4.69) is 5.32 Å². The summed E-state index contributed by atoms with van der Waals surface area (Å²) in [6.07, 6.45) is 3.52. The van der Waals surface area contributed by atoms with Crippen molar-refractivity contribution < 1.29 is 18.7 Å². The smallest absolute Gasteiger partial charge is 0.329 e. The lowest BCUT2D eigenvalue weighted by Crippen LogP contribution is -2.47. The van der Waals surface area contributed by atoms with E-state index in [1.54, 1.807) is 26.8 Å². The van der Waals surface area contributed by atoms with Crippen molar-refractivity contribution in [3.63, 3.8) is 0 Å². The Morgan fingerprint density at radius 2 is 2.05 bits per heavy atom. The first-order valence-electron chi connectivity index (χ1n) is 6.80. The number of carbonyl (C=O) groups excluding carboxylic acids is 2. The monoisotopic (exact) mass is 281 g/mol. The van der Waals surface area contributed by atoms with E-state index in [4.69, 9.17) is 9.15 Å². The van der Waals surface area contributed by atoms with Crippen LogP contribution < -0.4 is 5.32 Å². The maximum Gasteiger partial charge on any atom is 0.329 e. The molecule has 1 N–H and O–H groups in total. The largest absolute Gasteiger partial charge is 0.472 e. The molecule has 1 aromatic rings. The number of furan rings is 1. The number of hydrogen-bond acceptors (Lipinski definition) is 4. The average molecular weight is 281 g/mol. The van der Waals surface area contributed by atoms with Gasteiger partial charge in [0, 0.05) is 0 Å². The third-order valence-electron chi connectivity index (χ3n) is 2.94. The molecule has 0 radical (unpaired) electrons. The molecule has 0 aliphatic rings. The summed E-state index contributed by atoms with van der Waals surface area (Å²) in [6, 6.07) is 0.889. The van der Waals surface area contributed by atoms with Crippen molar-refractivity contribution in [3.8, 4) is 0 Å². The van der Waals surface area contributed by atoms with Crippen LogP contribution in [0.5, 0.6) is 0 Å². The van der Waals surface area contributed by atoms with Gasteiger partial charge in [-0.2, -0.15) is 0 Å². The third-order valence-corrected chi connectivity index (χ3v) is 2.94. The molecule has 0 aliphatic heterocycles. The van der Waals surface area contributed by atoms with Crippen LogP contribution in [-0.4, -0.2) is 23.5 Å². The SMILES string of the molecule is CC[C@H](C)[C@H](NC(=O)c1ccoc1)C(=O)OC(C)(C)C. The molecule has 0 bridgehead atoms. The Morgan fingerprint density at radius 3 is 2.50 bits per heavy atom. The Morgan fingerprint density at radius 1 is 1.40 bits per heavy atom. The first-order valence-corrected chi connectivity index (χ1v) is 6.80. The number of carbonyl (C=O) groups is 2. The van der Waals surface area contributed by atoms with Gasteiger partial charge in [0.2, 0.25) is 0 Å². The lowest BCUT2D eigenvalue weighted by Gasteiger charge is -2.27. The second-order valence-electron chi connectivity index (χ2n) is 5.88. The minimum Gasteiger partial charge on any atom is -0.472 e.